The molecule has 2 aromatic rings. The maximum absolute atomic E-state index is 13.0. The Bertz CT molecular complexity index is 584. The van der Waals surface area contributed by atoms with Crippen molar-refractivity contribution in [3.63, 3.8) is 0 Å². The normalized spacial score (nSPS) is 12.2. The number of para-hydroxylation sites is 1. The zero-order chi connectivity index (χ0) is 14.0. The van der Waals surface area contributed by atoms with Gasteiger partial charge in [0, 0.05) is 20.6 Å². The van der Waals surface area contributed by atoms with Gasteiger partial charge in [0.15, 0.2) is 0 Å². The van der Waals surface area contributed by atoms with Crippen LogP contribution in [0.1, 0.15) is 18.5 Å². The highest BCUT2D eigenvalue weighted by atomic mass is 79.9. The summed E-state index contributed by atoms with van der Waals surface area (Å²) in [6.07, 6.45) is 0. The van der Waals surface area contributed by atoms with Crippen molar-refractivity contribution in [3.8, 4) is 5.75 Å². The van der Waals surface area contributed by atoms with E-state index in [1.807, 2.05) is 25.1 Å². The molecule has 0 saturated carbocycles. The van der Waals surface area contributed by atoms with Crippen molar-refractivity contribution in [3.05, 3.63) is 56.7 Å². The summed E-state index contributed by atoms with van der Waals surface area (Å²) in [4.78, 5) is 0. The predicted octanol–water partition coefficient (Wildman–Crippen LogP) is 5.23. The SMILES string of the molecule is CC(Nc1c(Br)cccc1Br)c1ccc(F)cc1O. The van der Waals surface area contributed by atoms with E-state index in [9.17, 15) is 9.50 Å². The second-order valence-electron chi connectivity index (χ2n) is 4.17. The molecule has 0 aliphatic heterocycles. The number of halogens is 3. The number of benzene rings is 2. The smallest absolute Gasteiger partial charge is 0.126 e. The van der Waals surface area contributed by atoms with Gasteiger partial charge in [0.05, 0.1) is 11.7 Å². The minimum Gasteiger partial charge on any atom is -0.507 e. The topological polar surface area (TPSA) is 32.3 Å². The molecule has 1 atom stereocenters. The van der Waals surface area contributed by atoms with Gasteiger partial charge in [0.1, 0.15) is 11.6 Å². The number of hydrogen-bond donors (Lipinski definition) is 2. The Morgan fingerprint density at radius 2 is 1.79 bits per heavy atom. The number of nitrogens with one attached hydrogen (secondary N) is 1. The molecule has 0 aromatic heterocycles. The predicted molar refractivity (Wildman–Crippen MR) is 81.9 cm³/mol. The van der Waals surface area contributed by atoms with Crippen molar-refractivity contribution in [1.29, 1.82) is 0 Å². The average Bonchev–Trinajstić information content (AvgIpc) is 2.33. The molecule has 0 saturated heterocycles. The fraction of sp³-hybridized carbons (Fsp3) is 0.143. The molecule has 2 nitrogen and oxygen atoms in total. The number of anilines is 1. The fourth-order valence-electron chi connectivity index (χ4n) is 1.81. The van der Waals surface area contributed by atoms with Gasteiger partial charge in [-0.3, -0.25) is 0 Å². The molecule has 2 rings (SSSR count). The van der Waals surface area contributed by atoms with Crippen LogP contribution in [-0.4, -0.2) is 5.11 Å². The summed E-state index contributed by atoms with van der Waals surface area (Å²) in [6, 6.07) is 9.63. The van der Waals surface area contributed by atoms with Crippen molar-refractivity contribution in [1.82, 2.24) is 0 Å². The van der Waals surface area contributed by atoms with Crippen LogP contribution >= 0.6 is 31.9 Å². The molecule has 0 spiro atoms. The van der Waals surface area contributed by atoms with Crippen LogP contribution < -0.4 is 5.32 Å². The van der Waals surface area contributed by atoms with Crippen molar-refractivity contribution in [2.24, 2.45) is 0 Å². The Balaban J connectivity index is 2.28. The van der Waals surface area contributed by atoms with Gasteiger partial charge < -0.3 is 10.4 Å². The van der Waals surface area contributed by atoms with Gasteiger partial charge in [0.2, 0.25) is 0 Å². The van der Waals surface area contributed by atoms with Crippen molar-refractivity contribution >= 4 is 37.5 Å². The Labute approximate surface area is 127 Å². The van der Waals surface area contributed by atoms with E-state index in [0.29, 0.717) is 5.56 Å². The van der Waals surface area contributed by atoms with Crippen LogP contribution in [-0.2, 0) is 0 Å². The molecular formula is C14H12Br2FNO. The Morgan fingerprint density at radius 1 is 1.16 bits per heavy atom. The van der Waals surface area contributed by atoms with Gasteiger partial charge >= 0.3 is 0 Å². The molecule has 0 radical (unpaired) electrons. The molecule has 0 amide bonds. The Hall–Kier alpha value is -1.07. The van der Waals surface area contributed by atoms with E-state index < -0.39 is 5.82 Å². The van der Waals surface area contributed by atoms with Crippen LogP contribution in [0, 0.1) is 5.82 Å². The summed E-state index contributed by atoms with van der Waals surface area (Å²) in [5.41, 5.74) is 1.53. The van der Waals surface area contributed by atoms with Crippen LogP contribution in [0.15, 0.2) is 45.3 Å². The molecule has 2 aromatic carbocycles. The molecule has 2 N–H and O–H groups in total. The lowest BCUT2D eigenvalue weighted by atomic mass is 10.1. The van der Waals surface area contributed by atoms with Gasteiger partial charge in [-0.15, -0.1) is 0 Å². The van der Waals surface area contributed by atoms with Crippen LogP contribution in [0.4, 0.5) is 10.1 Å². The van der Waals surface area contributed by atoms with Gasteiger partial charge in [-0.1, -0.05) is 12.1 Å². The van der Waals surface area contributed by atoms with E-state index in [1.165, 1.54) is 6.07 Å². The number of hydrogen-bond acceptors (Lipinski definition) is 2. The molecule has 5 heteroatoms. The van der Waals surface area contributed by atoms with E-state index in [0.717, 1.165) is 20.7 Å². The minimum atomic E-state index is -0.449. The zero-order valence-electron chi connectivity index (χ0n) is 10.1. The van der Waals surface area contributed by atoms with Crippen molar-refractivity contribution in [2.75, 3.05) is 5.32 Å². The van der Waals surface area contributed by atoms with Gasteiger partial charge in [-0.2, -0.15) is 0 Å². The standard InChI is InChI=1S/C14H12Br2FNO/c1-8(10-6-5-9(17)7-13(10)19)18-14-11(15)3-2-4-12(14)16/h2-8,18-19H,1H3. The summed E-state index contributed by atoms with van der Waals surface area (Å²) in [5, 5.41) is 13.1. The molecule has 0 heterocycles. The minimum absolute atomic E-state index is 0.0526. The summed E-state index contributed by atoms with van der Waals surface area (Å²) in [6.45, 7) is 1.90. The third kappa shape index (κ3) is 3.28. The third-order valence-corrected chi connectivity index (χ3v) is 4.10. The monoisotopic (exact) mass is 387 g/mol. The number of rotatable bonds is 3. The first-order valence-electron chi connectivity index (χ1n) is 5.68. The molecule has 0 fully saturated rings. The lowest BCUT2D eigenvalue weighted by Crippen LogP contribution is -2.08. The quantitative estimate of drug-likeness (QED) is 0.754. The molecule has 19 heavy (non-hydrogen) atoms. The second kappa shape index (κ2) is 5.92. The lowest BCUT2D eigenvalue weighted by Gasteiger charge is -2.19. The highest BCUT2D eigenvalue weighted by molar-refractivity contribution is 9.11. The maximum Gasteiger partial charge on any atom is 0.126 e. The van der Waals surface area contributed by atoms with Crippen molar-refractivity contribution in [2.45, 2.75) is 13.0 Å². The second-order valence-corrected chi connectivity index (χ2v) is 5.87. The Morgan fingerprint density at radius 3 is 2.37 bits per heavy atom. The average molecular weight is 389 g/mol. The van der Waals surface area contributed by atoms with Crippen LogP contribution in [0.2, 0.25) is 0 Å². The highest BCUT2D eigenvalue weighted by Gasteiger charge is 2.13. The molecule has 0 aliphatic carbocycles. The van der Waals surface area contributed by atoms with Gasteiger partial charge in [-0.25, -0.2) is 4.39 Å². The number of phenolic OH excluding ortho intramolecular Hbond substituents is 1. The zero-order valence-corrected chi connectivity index (χ0v) is 13.3. The summed E-state index contributed by atoms with van der Waals surface area (Å²) in [5.74, 6) is -0.501. The molecule has 100 valence electrons. The lowest BCUT2D eigenvalue weighted by molar-refractivity contribution is 0.459. The maximum atomic E-state index is 13.0. The summed E-state index contributed by atoms with van der Waals surface area (Å²) in [7, 11) is 0. The first-order valence-corrected chi connectivity index (χ1v) is 7.26. The fourth-order valence-corrected chi connectivity index (χ4v) is 3.04. The number of aromatic hydroxyl groups is 1. The molecule has 0 aliphatic rings. The number of phenols is 1. The first kappa shape index (κ1) is 14.3. The van der Waals surface area contributed by atoms with E-state index in [2.05, 4.69) is 37.2 Å². The van der Waals surface area contributed by atoms with Crippen LogP contribution in [0.25, 0.3) is 0 Å². The highest BCUT2D eigenvalue weighted by Crippen LogP contribution is 2.35. The third-order valence-electron chi connectivity index (χ3n) is 2.78. The van der Waals surface area contributed by atoms with Gasteiger partial charge in [-0.05, 0) is 57.0 Å². The van der Waals surface area contributed by atoms with Crippen LogP contribution in [0.3, 0.4) is 0 Å². The van der Waals surface area contributed by atoms with Crippen molar-refractivity contribution < 1.29 is 9.50 Å². The molecule has 1 unspecified atom stereocenters. The van der Waals surface area contributed by atoms with E-state index >= 15 is 0 Å². The Kier molecular flexibility index (Phi) is 4.47. The molecule has 0 bridgehead atoms. The van der Waals surface area contributed by atoms with Gasteiger partial charge in [0.25, 0.3) is 0 Å². The summed E-state index contributed by atoms with van der Waals surface area (Å²) < 4.78 is 14.8. The molecular weight excluding hydrogens is 377 g/mol. The first-order chi connectivity index (χ1) is 8.99. The van der Waals surface area contributed by atoms with E-state index in [-0.39, 0.29) is 11.8 Å². The van der Waals surface area contributed by atoms with E-state index in [4.69, 9.17) is 0 Å². The van der Waals surface area contributed by atoms with Crippen LogP contribution in [0.5, 0.6) is 5.75 Å². The largest absolute Gasteiger partial charge is 0.507 e. The van der Waals surface area contributed by atoms with E-state index in [1.54, 1.807) is 6.07 Å². The summed E-state index contributed by atoms with van der Waals surface area (Å²) >= 11 is 6.93.